The Kier molecular flexibility index (Phi) is 5.40. The molecule has 10 heteroatoms. The first-order valence-electron chi connectivity index (χ1n) is 8.09. The Bertz CT molecular complexity index is 1060. The minimum atomic E-state index is -4.06. The molecule has 0 aliphatic rings. The van der Waals surface area contributed by atoms with Crippen molar-refractivity contribution in [2.45, 2.75) is 24.8 Å². The number of hydrogen-bond donors (Lipinski definition) is 1. The Balaban J connectivity index is 1.92. The maximum absolute atomic E-state index is 12.7. The van der Waals surface area contributed by atoms with Crippen LogP contribution in [0.3, 0.4) is 0 Å². The van der Waals surface area contributed by atoms with Gasteiger partial charge in [-0.25, -0.2) is 13.1 Å². The quantitative estimate of drug-likeness (QED) is 0.479. The molecule has 27 heavy (non-hydrogen) atoms. The number of aromatic nitrogens is 2. The van der Waals surface area contributed by atoms with Crippen molar-refractivity contribution in [2.75, 3.05) is 6.54 Å². The predicted molar refractivity (Wildman–Crippen MR) is 102 cm³/mol. The number of nitro benzene ring substituents is 1. The summed E-state index contributed by atoms with van der Waals surface area (Å²) in [5.74, 6) is 0. The van der Waals surface area contributed by atoms with Gasteiger partial charge in [0.25, 0.3) is 5.69 Å². The maximum atomic E-state index is 12.7. The second kappa shape index (κ2) is 7.59. The average molecular weight is 406 g/mol. The number of para-hydroxylation sites is 1. The van der Waals surface area contributed by atoms with E-state index in [1.54, 1.807) is 4.68 Å². The molecule has 0 aliphatic heterocycles. The summed E-state index contributed by atoms with van der Waals surface area (Å²) < 4.78 is 29.7. The van der Waals surface area contributed by atoms with Crippen LogP contribution < -0.4 is 4.72 Å². The first kappa shape index (κ1) is 19.2. The fraction of sp³-hybridized carbons (Fsp3) is 0.235. The van der Waals surface area contributed by atoms with Crippen molar-refractivity contribution in [1.82, 2.24) is 14.5 Å². The van der Waals surface area contributed by atoms with E-state index in [9.17, 15) is 18.5 Å². The molecule has 0 aliphatic carbocycles. The van der Waals surface area contributed by atoms with E-state index in [2.05, 4.69) is 9.82 Å². The van der Waals surface area contributed by atoms with E-state index in [4.69, 9.17) is 0 Å². The topological polar surface area (TPSA) is 107 Å². The molecule has 3 aromatic rings. The van der Waals surface area contributed by atoms with Gasteiger partial charge in [-0.2, -0.15) is 5.10 Å². The van der Waals surface area contributed by atoms with E-state index < -0.39 is 20.6 Å². The summed E-state index contributed by atoms with van der Waals surface area (Å²) in [7, 11) is -4.06. The lowest BCUT2D eigenvalue weighted by molar-refractivity contribution is -0.387. The van der Waals surface area contributed by atoms with Crippen LogP contribution in [-0.4, -0.2) is 29.7 Å². The molecule has 1 N–H and O–H groups in total. The molecule has 1 atom stereocenters. The number of sulfonamides is 1. The molecular formula is C17H18N4O4S2. The molecule has 1 unspecified atom stereocenters. The SMILES string of the molecule is Cc1cc(C)n(C(CNS(=O)(=O)c2ccccc2[N+](=O)[O-])c2cccs2)n1. The molecule has 0 spiro atoms. The molecule has 8 nitrogen and oxygen atoms in total. The van der Waals surface area contributed by atoms with E-state index in [1.807, 2.05) is 37.4 Å². The number of thiophene rings is 1. The Hall–Kier alpha value is -2.56. The van der Waals surface area contributed by atoms with Crippen molar-refractivity contribution in [3.8, 4) is 0 Å². The lowest BCUT2D eigenvalue weighted by Gasteiger charge is -2.19. The number of nitro groups is 1. The van der Waals surface area contributed by atoms with Crippen molar-refractivity contribution >= 4 is 27.0 Å². The molecular weight excluding hydrogens is 388 g/mol. The molecule has 0 bridgehead atoms. The van der Waals surface area contributed by atoms with Crippen LogP contribution in [-0.2, 0) is 10.0 Å². The summed E-state index contributed by atoms with van der Waals surface area (Å²) >= 11 is 1.49. The Morgan fingerprint density at radius 2 is 2.00 bits per heavy atom. The highest BCUT2D eigenvalue weighted by Gasteiger charge is 2.27. The van der Waals surface area contributed by atoms with Gasteiger partial charge in [0, 0.05) is 23.2 Å². The number of nitrogens with zero attached hydrogens (tertiary/aromatic N) is 3. The fourth-order valence-electron chi connectivity index (χ4n) is 2.85. The first-order chi connectivity index (χ1) is 12.8. The maximum Gasteiger partial charge on any atom is 0.289 e. The van der Waals surface area contributed by atoms with Gasteiger partial charge in [-0.3, -0.25) is 14.8 Å². The van der Waals surface area contributed by atoms with Gasteiger partial charge >= 0.3 is 0 Å². The van der Waals surface area contributed by atoms with E-state index in [0.29, 0.717) is 0 Å². The van der Waals surface area contributed by atoms with Crippen LogP contribution in [0.15, 0.2) is 52.7 Å². The van der Waals surface area contributed by atoms with Gasteiger partial charge in [0.15, 0.2) is 4.90 Å². The first-order valence-corrected chi connectivity index (χ1v) is 10.4. The zero-order chi connectivity index (χ0) is 19.6. The molecule has 0 amide bonds. The zero-order valence-corrected chi connectivity index (χ0v) is 16.3. The van der Waals surface area contributed by atoms with Gasteiger partial charge in [-0.15, -0.1) is 11.3 Å². The molecule has 0 fully saturated rings. The van der Waals surface area contributed by atoms with E-state index >= 15 is 0 Å². The zero-order valence-electron chi connectivity index (χ0n) is 14.7. The van der Waals surface area contributed by atoms with Crippen molar-refractivity contribution in [1.29, 1.82) is 0 Å². The van der Waals surface area contributed by atoms with E-state index in [1.165, 1.54) is 35.6 Å². The summed E-state index contributed by atoms with van der Waals surface area (Å²) in [6.45, 7) is 3.79. The highest BCUT2D eigenvalue weighted by molar-refractivity contribution is 7.89. The van der Waals surface area contributed by atoms with Crippen LogP contribution >= 0.6 is 11.3 Å². The van der Waals surface area contributed by atoms with Crippen LogP contribution in [0, 0.1) is 24.0 Å². The van der Waals surface area contributed by atoms with E-state index in [-0.39, 0.29) is 17.5 Å². The second-order valence-electron chi connectivity index (χ2n) is 5.98. The Morgan fingerprint density at radius 3 is 2.59 bits per heavy atom. The molecule has 0 radical (unpaired) electrons. The number of rotatable bonds is 7. The molecule has 142 valence electrons. The molecule has 1 aromatic carbocycles. The van der Waals surface area contributed by atoms with Gasteiger partial charge in [0.2, 0.25) is 10.0 Å². The van der Waals surface area contributed by atoms with E-state index in [0.717, 1.165) is 16.3 Å². The third-order valence-electron chi connectivity index (χ3n) is 4.03. The molecule has 0 saturated carbocycles. The lowest BCUT2D eigenvalue weighted by Crippen LogP contribution is -2.32. The Labute approximate surface area is 160 Å². The highest BCUT2D eigenvalue weighted by Crippen LogP contribution is 2.26. The standard InChI is InChI=1S/C17H18N4O4S2/c1-12-10-13(2)20(19-12)15(16-7-5-9-26-16)11-18-27(24,25)17-8-4-3-6-14(17)21(22)23/h3-10,15,18H,11H2,1-2H3. The van der Waals surface area contributed by atoms with Crippen LogP contribution in [0.1, 0.15) is 22.3 Å². The average Bonchev–Trinajstić information content (AvgIpc) is 3.25. The van der Waals surface area contributed by atoms with Gasteiger partial charge < -0.3 is 0 Å². The molecule has 3 rings (SSSR count). The van der Waals surface area contributed by atoms with Gasteiger partial charge in [-0.1, -0.05) is 18.2 Å². The lowest BCUT2D eigenvalue weighted by atomic mass is 10.2. The van der Waals surface area contributed by atoms with Crippen molar-refractivity contribution in [3.05, 3.63) is 74.2 Å². The van der Waals surface area contributed by atoms with Crippen molar-refractivity contribution in [3.63, 3.8) is 0 Å². The monoisotopic (exact) mass is 406 g/mol. The normalized spacial score (nSPS) is 12.8. The highest BCUT2D eigenvalue weighted by atomic mass is 32.2. The number of nitrogens with one attached hydrogen (secondary N) is 1. The Morgan fingerprint density at radius 1 is 1.26 bits per heavy atom. The summed E-state index contributed by atoms with van der Waals surface area (Å²) in [6.07, 6.45) is 0. The number of aryl methyl sites for hydroxylation is 2. The van der Waals surface area contributed by atoms with Crippen molar-refractivity contribution < 1.29 is 13.3 Å². The van der Waals surface area contributed by atoms with Gasteiger partial charge in [0.05, 0.1) is 16.7 Å². The smallest absolute Gasteiger partial charge is 0.260 e. The summed E-state index contributed by atoms with van der Waals surface area (Å²) in [4.78, 5) is 11.0. The largest absolute Gasteiger partial charge is 0.289 e. The molecule has 2 heterocycles. The number of hydrogen-bond acceptors (Lipinski definition) is 6. The summed E-state index contributed by atoms with van der Waals surface area (Å²) in [6, 6.07) is 10.6. The number of benzene rings is 1. The predicted octanol–water partition coefficient (Wildman–Crippen LogP) is 3.04. The van der Waals surface area contributed by atoms with Crippen molar-refractivity contribution in [2.24, 2.45) is 0 Å². The third kappa shape index (κ3) is 4.07. The van der Waals surface area contributed by atoms with Gasteiger partial charge in [-0.05, 0) is 37.4 Å². The summed E-state index contributed by atoms with van der Waals surface area (Å²) in [5.41, 5.74) is 1.27. The van der Waals surface area contributed by atoms with Gasteiger partial charge in [0.1, 0.15) is 0 Å². The minimum absolute atomic E-state index is 0.0247. The third-order valence-corrected chi connectivity index (χ3v) is 6.47. The fourth-order valence-corrected chi connectivity index (χ4v) is 4.87. The van der Waals surface area contributed by atoms with Crippen LogP contribution in [0.25, 0.3) is 0 Å². The minimum Gasteiger partial charge on any atom is -0.260 e. The van der Waals surface area contributed by atoms with Crippen LogP contribution in [0.2, 0.25) is 0 Å². The van der Waals surface area contributed by atoms with Crippen LogP contribution in [0.4, 0.5) is 5.69 Å². The second-order valence-corrected chi connectivity index (χ2v) is 8.69. The van der Waals surface area contributed by atoms with Crippen LogP contribution in [0.5, 0.6) is 0 Å². The molecule has 0 saturated heterocycles. The summed E-state index contributed by atoms with van der Waals surface area (Å²) in [5, 5.41) is 17.5. The molecule has 2 aromatic heterocycles.